The van der Waals surface area contributed by atoms with E-state index in [1.54, 1.807) is 13.3 Å². The fourth-order valence-corrected chi connectivity index (χ4v) is 1.89. The highest BCUT2D eigenvalue weighted by atomic mass is 35.5. The summed E-state index contributed by atoms with van der Waals surface area (Å²) in [6.45, 7) is 6.07. The maximum absolute atomic E-state index is 6.23. The van der Waals surface area contributed by atoms with E-state index in [9.17, 15) is 0 Å². The van der Waals surface area contributed by atoms with Gasteiger partial charge in [-0.3, -0.25) is 0 Å². The molecule has 4 nitrogen and oxygen atoms in total. The zero-order valence-corrected chi connectivity index (χ0v) is 11.4. The van der Waals surface area contributed by atoms with E-state index >= 15 is 0 Å². The minimum atomic E-state index is 0.318. The lowest BCUT2D eigenvalue weighted by Crippen LogP contribution is -2.34. The smallest absolute Gasteiger partial charge is 0.147 e. The SMILES string of the molecule is COCCN(c1ncc(CN)cc1Cl)C(C)C. The molecule has 0 aromatic carbocycles. The Morgan fingerprint density at radius 3 is 2.71 bits per heavy atom. The number of nitrogens with zero attached hydrogens (tertiary/aromatic N) is 2. The van der Waals surface area contributed by atoms with Gasteiger partial charge in [0.2, 0.25) is 0 Å². The zero-order valence-electron chi connectivity index (χ0n) is 10.6. The van der Waals surface area contributed by atoms with Gasteiger partial charge in [0.25, 0.3) is 0 Å². The highest BCUT2D eigenvalue weighted by Crippen LogP contribution is 2.25. The molecule has 0 amide bonds. The summed E-state index contributed by atoms with van der Waals surface area (Å²) in [5.74, 6) is 0.788. The average molecular weight is 258 g/mol. The number of methoxy groups -OCH3 is 1. The maximum atomic E-state index is 6.23. The van der Waals surface area contributed by atoms with Crippen molar-refractivity contribution in [1.82, 2.24) is 4.98 Å². The molecule has 17 heavy (non-hydrogen) atoms. The third-order valence-electron chi connectivity index (χ3n) is 2.55. The summed E-state index contributed by atoms with van der Waals surface area (Å²) in [5, 5.41) is 0.637. The number of nitrogens with two attached hydrogens (primary N) is 1. The number of ether oxygens (including phenoxy) is 1. The summed E-state index contributed by atoms with van der Waals surface area (Å²) < 4.78 is 5.10. The Balaban J connectivity index is 2.93. The van der Waals surface area contributed by atoms with E-state index in [4.69, 9.17) is 22.1 Å². The number of anilines is 1. The molecule has 0 spiro atoms. The van der Waals surface area contributed by atoms with Crippen LogP contribution in [-0.2, 0) is 11.3 Å². The Kier molecular flexibility index (Phi) is 5.68. The van der Waals surface area contributed by atoms with Gasteiger partial charge in [-0.25, -0.2) is 4.98 Å². The third kappa shape index (κ3) is 3.84. The zero-order chi connectivity index (χ0) is 12.8. The molecule has 0 aliphatic rings. The molecule has 1 aromatic rings. The van der Waals surface area contributed by atoms with E-state index in [2.05, 4.69) is 23.7 Å². The highest BCUT2D eigenvalue weighted by Gasteiger charge is 2.15. The first-order valence-corrected chi connectivity index (χ1v) is 6.08. The number of halogens is 1. The van der Waals surface area contributed by atoms with E-state index < -0.39 is 0 Å². The molecule has 1 aromatic heterocycles. The molecule has 1 heterocycles. The van der Waals surface area contributed by atoms with Crippen LogP contribution in [0.25, 0.3) is 0 Å². The summed E-state index contributed by atoms with van der Waals surface area (Å²) in [5.41, 5.74) is 6.49. The van der Waals surface area contributed by atoms with Crippen LogP contribution in [-0.4, -0.2) is 31.3 Å². The van der Waals surface area contributed by atoms with Crippen molar-refractivity contribution >= 4 is 17.4 Å². The first-order chi connectivity index (χ1) is 8.10. The second-order valence-corrected chi connectivity index (χ2v) is 4.54. The summed E-state index contributed by atoms with van der Waals surface area (Å²) in [4.78, 5) is 6.50. The van der Waals surface area contributed by atoms with Gasteiger partial charge in [0, 0.05) is 32.4 Å². The Hall–Kier alpha value is -0.840. The van der Waals surface area contributed by atoms with Gasteiger partial charge in [0.15, 0.2) is 0 Å². The van der Waals surface area contributed by atoms with Gasteiger partial charge in [0.1, 0.15) is 5.82 Å². The van der Waals surface area contributed by atoms with Crippen LogP contribution in [0.4, 0.5) is 5.82 Å². The normalized spacial score (nSPS) is 10.9. The van der Waals surface area contributed by atoms with Crippen LogP contribution in [0.5, 0.6) is 0 Å². The lowest BCUT2D eigenvalue weighted by Gasteiger charge is -2.28. The maximum Gasteiger partial charge on any atom is 0.147 e. The van der Waals surface area contributed by atoms with Crippen LogP contribution in [0.15, 0.2) is 12.3 Å². The molecule has 0 aliphatic heterocycles. The number of hydrogen-bond donors (Lipinski definition) is 1. The van der Waals surface area contributed by atoms with E-state index in [1.165, 1.54) is 0 Å². The summed E-state index contributed by atoms with van der Waals surface area (Å²) in [6.07, 6.45) is 1.77. The van der Waals surface area contributed by atoms with Crippen molar-refractivity contribution in [3.63, 3.8) is 0 Å². The number of rotatable bonds is 6. The van der Waals surface area contributed by atoms with Crippen LogP contribution in [0.2, 0.25) is 5.02 Å². The number of pyridine rings is 1. The number of aromatic nitrogens is 1. The fraction of sp³-hybridized carbons (Fsp3) is 0.583. The fourth-order valence-electron chi connectivity index (χ4n) is 1.59. The molecule has 96 valence electrons. The minimum absolute atomic E-state index is 0.318. The molecular formula is C12H20ClN3O. The van der Waals surface area contributed by atoms with E-state index in [0.29, 0.717) is 24.2 Å². The van der Waals surface area contributed by atoms with Crippen molar-refractivity contribution in [3.8, 4) is 0 Å². The largest absolute Gasteiger partial charge is 0.383 e. The molecule has 0 bridgehead atoms. The highest BCUT2D eigenvalue weighted by molar-refractivity contribution is 6.33. The van der Waals surface area contributed by atoms with Gasteiger partial charge in [-0.1, -0.05) is 11.6 Å². The van der Waals surface area contributed by atoms with Gasteiger partial charge < -0.3 is 15.4 Å². The van der Waals surface area contributed by atoms with Crippen LogP contribution in [0, 0.1) is 0 Å². The Bertz CT molecular complexity index is 358. The summed E-state index contributed by atoms with van der Waals surface area (Å²) in [7, 11) is 1.69. The summed E-state index contributed by atoms with van der Waals surface area (Å²) in [6, 6.07) is 2.19. The molecular weight excluding hydrogens is 238 g/mol. The lowest BCUT2D eigenvalue weighted by molar-refractivity contribution is 0.203. The monoisotopic (exact) mass is 257 g/mol. The molecule has 0 aliphatic carbocycles. The van der Waals surface area contributed by atoms with Crippen LogP contribution < -0.4 is 10.6 Å². The number of hydrogen-bond acceptors (Lipinski definition) is 4. The van der Waals surface area contributed by atoms with Gasteiger partial charge in [-0.2, -0.15) is 0 Å². The van der Waals surface area contributed by atoms with Crippen molar-refractivity contribution in [2.75, 3.05) is 25.2 Å². The van der Waals surface area contributed by atoms with Gasteiger partial charge in [0.05, 0.1) is 11.6 Å². The van der Waals surface area contributed by atoms with Crippen molar-refractivity contribution in [3.05, 3.63) is 22.8 Å². The van der Waals surface area contributed by atoms with Crippen LogP contribution >= 0.6 is 11.6 Å². The van der Waals surface area contributed by atoms with E-state index in [0.717, 1.165) is 17.9 Å². The Morgan fingerprint density at radius 1 is 1.53 bits per heavy atom. The minimum Gasteiger partial charge on any atom is -0.383 e. The first-order valence-electron chi connectivity index (χ1n) is 5.70. The Labute approximate surface area is 108 Å². The third-order valence-corrected chi connectivity index (χ3v) is 2.82. The van der Waals surface area contributed by atoms with Crippen molar-refractivity contribution in [2.45, 2.75) is 26.4 Å². The van der Waals surface area contributed by atoms with Crippen molar-refractivity contribution < 1.29 is 4.74 Å². The van der Waals surface area contributed by atoms with Gasteiger partial charge in [-0.15, -0.1) is 0 Å². The topological polar surface area (TPSA) is 51.4 Å². The molecule has 0 saturated carbocycles. The molecule has 5 heteroatoms. The molecule has 0 fully saturated rings. The van der Waals surface area contributed by atoms with Crippen molar-refractivity contribution in [1.29, 1.82) is 0 Å². The predicted octanol–water partition coefficient (Wildman–Crippen LogP) is 2.05. The second kappa shape index (κ2) is 6.79. The molecule has 2 N–H and O–H groups in total. The standard InChI is InChI=1S/C12H20ClN3O/c1-9(2)16(4-5-17-3)12-11(13)6-10(7-14)8-15-12/h6,8-9H,4-5,7,14H2,1-3H3. The first kappa shape index (κ1) is 14.2. The average Bonchev–Trinajstić information content (AvgIpc) is 2.30. The predicted molar refractivity (Wildman–Crippen MR) is 71.5 cm³/mol. The van der Waals surface area contributed by atoms with E-state index in [-0.39, 0.29) is 0 Å². The van der Waals surface area contributed by atoms with Gasteiger partial charge >= 0.3 is 0 Å². The van der Waals surface area contributed by atoms with Gasteiger partial charge in [-0.05, 0) is 25.5 Å². The summed E-state index contributed by atoms with van der Waals surface area (Å²) >= 11 is 6.23. The van der Waals surface area contributed by atoms with Crippen molar-refractivity contribution in [2.24, 2.45) is 5.73 Å². The molecule has 0 radical (unpaired) electrons. The van der Waals surface area contributed by atoms with E-state index in [1.807, 2.05) is 6.07 Å². The quantitative estimate of drug-likeness (QED) is 0.848. The molecule has 0 atom stereocenters. The van der Waals surface area contributed by atoms with Crippen LogP contribution in [0.3, 0.4) is 0 Å². The molecule has 1 rings (SSSR count). The Morgan fingerprint density at radius 2 is 2.24 bits per heavy atom. The molecule has 0 saturated heterocycles. The molecule has 0 unspecified atom stereocenters. The van der Waals surface area contributed by atoms with Crippen LogP contribution in [0.1, 0.15) is 19.4 Å². The lowest BCUT2D eigenvalue weighted by atomic mass is 10.2. The second-order valence-electron chi connectivity index (χ2n) is 4.13.